The van der Waals surface area contributed by atoms with Crippen molar-refractivity contribution < 1.29 is 9.59 Å². The van der Waals surface area contributed by atoms with Gasteiger partial charge in [0.2, 0.25) is 11.8 Å². The largest absolute Gasteiger partial charge is 0.347 e. The zero-order valence-corrected chi connectivity index (χ0v) is 15.1. The van der Waals surface area contributed by atoms with Gasteiger partial charge in [-0.25, -0.2) is 0 Å². The summed E-state index contributed by atoms with van der Waals surface area (Å²) >= 11 is 11.7. The highest BCUT2D eigenvalue weighted by molar-refractivity contribution is 6.42. The number of hydrogen-bond acceptors (Lipinski definition) is 3. The van der Waals surface area contributed by atoms with Gasteiger partial charge in [-0.15, -0.1) is 0 Å². The molecule has 0 fully saturated rings. The van der Waals surface area contributed by atoms with Crippen molar-refractivity contribution in [2.75, 3.05) is 11.9 Å². The fourth-order valence-electron chi connectivity index (χ4n) is 2.21. The Kier molecular flexibility index (Phi) is 5.85. The SMILES string of the molecule is Cc1nn(C)c(C)c1NC(=O)CNC(=O)Cc1ccc(Cl)c(Cl)c1. The first kappa shape index (κ1) is 18.3. The van der Waals surface area contributed by atoms with Crippen LogP contribution in [0, 0.1) is 13.8 Å². The van der Waals surface area contributed by atoms with E-state index >= 15 is 0 Å². The Bertz CT molecular complexity index is 787. The van der Waals surface area contributed by atoms with E-state index in [1.165, 1.54) is 0 Å². The highest BCUT2D eigenvalue weighted by Crippen LogP contribution is 2.22. The number of anilines is 1. The van der Waals surface area contributed by atoms with Crippen LogP contribution in [0.2, 0.25) is 10.0 Å². The Morgan fingerprint density at radius 2 is 1.88 bits per heavy atom. The molecule has 2 amide bonds. The Labute approximate surface area is 150 Å². The van der Waals surface area contributed by atoms with Crippen LogP contribution in [0.25, 0.3) is 0 Å². The maximum Gasteiger partial charge on any atom is 0.243 e. The molecule has 0 bridgehead atoms. The minimum atomic E-state index is -0.309. The Balaban J connectivity index is 1.87. The van der Waals surface area contributed by atoms with E-state index in [1.807, 2.05) is 13.8 Å². The molecule has 1 aromatic carbocycles. The number of rotatable bonds is 5. The summed E-state index contributed by atoms with van der Waals surface area (Å²) in [6.45, 7) is 3.55. The summed E-state index contributed by atoms with van der Waals surface area (Å²) in [5, 5.41) is 10.4. The first-order valence-electron chi connectivity index (χ1n) is 7.28. The van der Waals surface area contributed by atoms with Gasteiger partial charge in [0, 0.05) is 7.05 Å². The molecular formula is C16H18Cl2N4O2. The summed E-state index contributed by atoms with van der Waals surface area (Å²) in [4.78, 5) is 23.9. The van der Waals surface area contributed by atoms with Crippen molar-refractivity contribution in [3.05, 3.63) is 45.2 Å². The van der Waals surface area contributed by atoms with Crippen molar-refractivity contribution in [3.8, 4) is 0 Å². The number of amides is 2. The van der Waals surface area contributed by atoms with Crippen LogP contribution in [-0.4, -0.2) is 28.1 Å². The molecule has 2 rings (SSSR count). The van der Waals surface area contributed by atoms with E-state index in [4.69, 9.17) is 23.2 Å². The zero-order chi connectivity index (χ0) is 17.9. The summed E-state index contributed by atoms with van der Waals surface area (Å²) in [5.74, 6) is -0.583. The van der Waals surface area contributed by atoms with Crippen LogP contribution in [0.4, 0.5) is 5.69 Å². The van der Waals surface area contributed by atoms with Gasteiger partial charge in [-0.3, -0.25) is 14.3 Å². The molecule has 0 aliphatic heterocycles. The van der Waals surface area contributed by atoms with Gasteiger partial charge in [0.15, 0.2) is 0 Å². The van der Waals surface area contributed by atoms with Crippen LogP contribution in [-0.2, 0) is 23.1 Å². The molecule has 128 valence electrons. The number of aryl methyl sites for hydroxylation is 2. The van der Waals surface area contributed by atoms with E-state index in [2.05, 4.69) is 15.7 Å². The first-order valence-corrected chi connectivity index (χ1v) is 8.04. The van der Waals surface area contributed by atoms with Crippen LogP contribution in [0.3, 0.4) is 0 Å². The zero-order valence-electron chi connectivity index (χ0n) is 13.6. The minimum absolute atomic E-state index is 0.117. The lowest BCUT2D eigenvalue weighted by Crippen LogP contribution is -2.34. The number of aromatic nitrogens is 2. The van der Waals surface area contributed by atoms with E-state index < -0.39 is 0 Å². The van der Waals surface area contributed by atoms with Crippen molar-refractivity contribution in [2.24, 2.45) is 7.05 Å². The van der Waals surface area contributed by atoms with E-state index in [0.717, 1.165) is 17.0 Å². The van der Waals surface area contributed by atoms with Gasteiger partial charge in [0.25, 0.3) is 0 Å². The fraction of sp³-hybridized carbons (Fsp3) is 0.312. The number of nitrogens with zero attached hydrogens (tertiary/aromatic N) is 2. The molecular weight excluding hydrogens is 351 g/mol. The van der Waals surface area contributed by atoms with E-state index in [9.17, 15) is 9.59 Å². The molecule has 1 aromatic heterocycles. The van der Waals surface area contributed by atoms with Crippen LogP contribution in [0.5, 0.6) is 0 Å². The van der Waals surface area contributed by atoms with Gasteiger partial charge in [-0.1, -0.05) is 29.3 Å². The topological polar surface area (TPSA) is 76.0 Å². The summed E-state index contributed by atoms with van der Waals surface area (Å²) in [7, 11) is 1.80. The predicted molar refractivity (Wildman–Crippen MR) is 94.5 cm³/mol. The van der Waals surface area contributed by atoms with Gasteiger partial charge < -0.3 is 10.6 Å². The summed E-state index contributed by atoms with van der Waals surface area (Å²) in [6, 6.07) is 4.98. The fourth-order valence-corrected chi connectivity index (χ4v) is 2.54. The van der Waals surface area contributed by atoms with Gasteiger partial charge in [-0.2, -0.15) is 5.10 Å². The molecule has 1 heterocycles. The third-order valence-electron chi connectivity index (χ3n) is 3.57. The predicted octanol–water partition coefficient (Wildman–Crippen LogP) is 2.64. The van der Waals surface area contributed by atoms with Crippen molar-refractivity contribution in [3.63, 3.8) is 0 Å². The van der Waals surface area contributed by atoms with Crippen LogP contribution in [0.15, 0.2) is 18.2 Å². The van der Waals surface area contributed by atoms with Crippen molar-refractivity contribution in [1.29, 1.82) is 0 Å². The Hall–Kier alpha value is -2.05. The second-order valence-electron chi connectivity index (χ2n) is 5.42. The highest BCUT2D eigenvalue weighted by Gasteiger charge is 2.13. The van der Waals surface area contributed by atoms with Crippen LogP contribution >= 0.6 is 23.2 Å². The number of benzene rings is 1. The third kappa shape index (κ3) is 4.49. The molecule has 0 spiro atoms. The molecule has 0 saturated carbocycles. The maximum absolute atomic E-state index is 12.0. The Morgan fingerprint density at radius 1 is 1.17 bits per heavy atom. The van der Waals surface area contributed by atoms with E-state index in [0.29, 0.717) is 15.7 Å². The summed E-state index contributed by atoms with van der Waals surface area (Å²) in [6.07, 6.45) is 0.120. The number of hydrogen-bond donors (Lipinski definition) is 2. The lowest BCUT2D eigenvalue weighted by Gasteiger charge is -2.08. The molecule has 0 radical (unpaired) electrons. The lowest BCUT2D eigenvalue weighted by molar-refractivity contribution is -0.123. The van der Waals surface area contributed by atoms with Crippen molar-refractivity contribution in [1.82, 2.24) is 15.1 Å². The maximum atomic E-state index is 12.0. The number of carbonyl (C=O) groups excluding carboxylic acids is 2. The second kappa shape index (κ2) is 7.68. The van der Waals surface area contributed by atoms with Gasteiger partial charge in [-0.05, 0) is 31.5 Å². The quantitative estimate of drug-likeness (QED) is 0.851. The molecule has 6 nitrogen and oxygen atoms in total. The summed E-state index contributed by atoms with van der Waals surface area (Å²) in [5.41, 5.74) is 2.97. The highest BCUT2D eigenvalue weighted by atomic mass is 35.5. The first-order chi connectivity index (χ1) is 11.3. The van der Waals surface area contributed by atoms with E-state index in [1.54, 1.807) is 29.9 Å². The Morgan fingerprint density at radius 3 is 2.46 bits per heavy atom. The monoisotopic (exact) mass is 368 g/mol. The molecule has 0 unspecified atom stereocenters. The molecule has 0 saturated heterocycles. The molecule has 0 aliphatic carbocycles. The van der Waals surface area contributed by atoms with Crippen LogP contribution in [0.1, 0.15) is 17.0 Å². The van der Waals surface area contributed by atoms with E-state index in [-0.39, 0.29) is 24.8 Å². The molecule has 24 heavy (non-hydrogen) atoms. The molecule has 2 N–H and O–H groups in total. The molecule has 2 aromatic rings. The summed E-state index contributed by atoms with van der Waals surface area (Å²) < 4.78 is 1.69. The average molecular weight is 369 g/mol. The van der Waals surface area contributed by atoms with Gasteiger partial charge in [0.05, 0.1) is 40.1 Å². The van der Waals surface area contributed by atoms with Crippen molar-refractivity contribution >= 4 is 40.7 Å². The van der Waals surface area contributed by atoms with Gasteiger partial charge in [0.1, 0.15) is 0 Å². The molecule has 8 heteroatoms. The number of nitrogens with one attached hydrogen (secondary N) is 2. The lowest BCUT2D eigenvalue weighted by atomic mass is 10.1. The number of carbonyl (C=O) groups is 2. The minimum Gasteiger partial charge on any atom is -0.347 e. The average Bonchev–Trinajstić information content (AvgIpc) is 2.75. The normalized spacial score (nSPS) is 10.5. The van der Waals surface area contributed by atoms with Crippen molar-refractivity contribution in [2.45, 2.75) is 20.3 Å². The standard InChI is InChI=1S/C16H18Cl2N4O2/c1-9-16(10(2)22(3)21-9)20-15(24)8-19-14(23)7-11-4-5-12(17)13(18)6-11/h4-6H,7-8H2,1-3H3,(H,19,23)(H,20,24). The second-order valence-corrected chi connectivity index (χ2v) is 6.23. The number of halogens is 2. The molecule has 0 aliphatic rings. The van der Waals surface area contributed by atoms with Gasteiger partial charge >= 0.3 is 0 Å². The molecule has 0 atom stereocenters. The van der Waals surface area contributed by atoms with Crippen LogP contribution < -0.4 is 10.6 Å². The smallest absolute Gasteiger partial charge is 0.243 e. The third-order valence-corrected chi connectivity index (χ3v) is 4.31.